The first kappa shape index (κ1) is 16.3. The van der Waals surface area contributed by atoms with Crippen molar-refractivity contribution < 1.29 is 4.74 Å². The average molecular weight is 399 g/mol. The molecule has 0 radical (unpaired) electrons. The minimum atomic E-state index is 0.0525. The van der Waals surface area contributed by atoms with Gasteiger partial charge < -0.3 is 10.1 Å². The van der Waals surface area contributed by atoms with Crippen LogP contribution in [0.4, 0.5) is 0 Å². The third-order valence-electron chi connectivity index (χ3n) is 3.60. The first-order valence-corrected chi connectivity index (χ1v) is 8.12. The number of aromatic nitrogens is 2. The number of nitrogens with one attached hydrogen (secondary N) is 1. The van der Waals surface area contributed by atoms with Gasteiger partial charge in [0.1, 0.15) is 5.69 Å². The maximum Gasteiger partial charge on any atom is 0.161 e. The molecule has 21 heavy (non-hydrogen) atoms. The van der Waals surface area contributed by atoms with Gasteiger partial charge in [0.15, 0.2) is 5.75 Å². The van der Waals surface area contributed by atoms with E-state index in [0.717, 1.165) is 11.4 Å². The zero-order chi connectivity index (χ0) is 15.6. The molecule has 1 heterocycles. The molecular weight excluding hydrogens is 377 g/mol. The van der Waals surface area contributed by atoms with Crippen molar-refractivity contribution in [2.24, 2.45) is 0 Å². The van der Waals surface area contributed by atoms with Crippen LogP contribution in [0.1, 0.15) is 42.8 Å². The summed E-state index contributed by atoms with van der Waals surface area (Å²) in [6.07, 6.45) is 1.79. The zero-order valence-electron chi connectivity index (χ0n) is 13.1. The molecule has 0 aliphatic heterocycles. The van der Waals surface area contributed by atoms with Crippen molar-refractivity contribution in [2.75, 3.05) is 14.2 Å². The second kappa shape index (κ2) is 6.79. The first-order chi connectivity index (χ1) is 10.0. The van der Waals surface area contributed by atoms with Crippen molar-refractivity contribution in [3.63, 3.8) is 0 Å². The van der Waals surface area contributed by atoms with Gasteiger partial charge in [-0.15, -0.1) is 0 Å². The van der Waals surface area contributed by atoms with Crippen LogP contribution in [0.2, 0.25) is 0 Å². The molecule has 1 N–H and O–H groups in total. The lowest BCUT2D eigenvalue weighted by Gasteiger charge is -2.23. The van der Waals surface area contributed by atoms with E-state index in [0.29, 0.717) is 0 Å². The van der Waals surface area contributed by atoms with E-state index >= 15 is 0 Å². The fraction of sp³-hybridized carbons (Fsp3) is 0.438. The molecule has 114 valence electrons. The van der Waals surface area contributed by atoms with Crippen LogP contribution in [0, 0.1) is 10.5 Å². The standard InChI is InChI=1S/C16H22IN3O/c1-10(2)20-16(13(21-5)9-19-20)15(18-4)12-8-6-7-11(3)14(12)17/h6-10,15,18H,1-5H3. The van der Waals surface area contributed by atoms with Crippen LogP contribution < -0.4 is 10.1 Å². The summed E-state index contributed by atoms with van der Waals surface area (Å²) in [6, 6.07) is 6.72. The average Bonchev–Trinajstić information content (AvgIpc) is 2.88. The Hall–Kier alpha value is -1.08. The molecule has 0 aliphatic carbocycles. The number of benzene rings is 1. The summed E-state index contributed by atoms with van der Waals surface area (Å²) in [5.41, 5.74) is 3.60. The molecule has 0 fully saturated rings. The van der Waals surface area contributed by atoms with Crippen LogP contribution in [0.5, 0.6) is 5.75 Å². The SMILES string of the molecule is CNC(c1cccc(C)c1I)c1c(OC)cnn1C(C)C. The van der Waals surface area contributed by atoms with E-state index in [-0.39, 0.29) is 12.1 Å². The molecule has 2 rings (SSSR count). The summed E-state index contributed by atoms with van der Waals surface area (Å²) in [5, 5.41) is 7.90. The lowest BCUT2D eigenvalue weighted by atomic mass is 10.0. The summed E-state index contributed by atoms with van der Waals surface area (Å²) in [4.78, 5) is 0. The van der Waals surface area contributed by atoms with Gasteiger partial charge in [-0.05, 0) is 61.5 Å². The Kier molecular flexibility index (Phi) is 5.27. The number of ether oxygens (including phenoxy) is 1. The summed E-state index contributed by atoms with van der Waals surface area (Å²) >= 11 is 2.41. The van der Waals surface area contributed by atoms with Crippen molar-refractivity contribution in [1.29, 1.82) is 0 Å². The van der Waals surface area contributed by atoms with E-state index in [4.69, 9.17) is 4.74 Å². The lowest BCUT2D eigenvalue weighted by molar-refractivity contribution is 0.396. The Morgan fingerprint density at radius 3 is 2.62 bits per heavy atom. The Bertz CT molecular complexity index is 622. The molecule has 0 bridgehead atoms. The normalized spacial score (nSPS) is 12.7. The van der Waals surface area contributed by atoms with E-state index in [9.17, 15) is 0 Å². The molecule has 1 aromatic carbocycles. The van der Waals surface area contributed by atoms with Crippen LogP contribution in [0.25, 0.3) is 0 Å². The Labute approximate surface area is 140 Å². The third kappa shape index (κ3) is 3.08. The molecule has 2 aromatic rings. The quantitative estimate of drug-likeness (QED) is 0.780. The summed E-state index contributed by atoms with van der Waals surface area (Å²) < 4.78 is 8.82. The summed E-state index contributed by atoms with van der Waals surface area (Å²) in [6.45, 7) is 6.39. The minimum absolute atomic E-state index is 0.0525. The Morgan fingerprint density at radius 1 is 1.33 bits per heavy atom. The van der Waals surface area contributed by atoms with E-state index in [1.807, 2.05) is 11.7 Å². The fourth-order valence-corrected chi connectivity index (χ4v) is 3.20. The zero-order valence-corrected chi connectivity index (χ0v) is 15.3. The van der Waals surface area contributed by atoms with Crippen LogP contribution in [0.15, 0.2) is 24.4 Å². The highest BCUT2D eigenvalue weighted by atomic mass is 127. The molecule has 4 nitrogen and oxygen atoms in total. The molecule has 5 heteroatoms. The predicted octanol–water partition coefficient (Wildman–Crippen LogP) is 3.69. The van der Waals surface area contributed by atoms with Crippen molar-refractivity contribution in [3.8, 4) is 5.75 Å². The molecule has 0 saturated carbocycles. The van der Waals surface area contributed by atoms with E-state index < -0.39 is 0 Å². The number of rotatable bonds is 5. The number of nitrogens with zero attached hydrogens (tertiary/aromatic N) is 2. The maximum atomic E-state index is 5.52. The van der Waals surface area contributed by atoms with E-state index in [2.05, 4.69) is 72.0 Å². The molecular formula is C16H22IN3O. The molecule has 0 saturated heterocycles. The monoisotopic (exact) mass is 399 g/mol. The third-order valence-corrected chi connectivity index (χ3v) is 5.08. The number of hydrogen-bond donors (Lipinski definition) is 1. The van der Waals surface area contributed by atoms with Crippen LogP contribution in [-0.4, -0.2) is 23.9 Å². The number of halogens is 1. The van der Waals surface area contributed by atoms with Gasteiger partial charge >= 0.3 is 0 Å². The van der Waals surface area contributed by atoms with Crippen molar-refractivity contribution in [2.45, 2.75) is 32.9 Å². The molecule has 0 spiro atoms. The van der Waals surface area contributed by atoms with E-state index in [1.165, 1.54) is 14.7 Å². The maximum absolute atomic E-state index is 5.52. The van der Waals surface area contributed by atoms with Crippen molar-refractivity contribution in [1.82, 2.24) is 15.1 Å². The molecule has 1 aromatic heterocycles. The number of aryl methyl sites for hydroxylation is 1. The van der Waals surface area contributed by atoms with Gasteiger partial charge in [0, 0.05) is 9.61 Å². The smallest absolute Gasteiger partial charge is 0.161 e. The highest BCUT2D eigenvalue weighted by Crippen LogP contribution is 2.34. The van der Waals surface area contributed by atoms with Crippen molar-refractivity contribution >= 4 is 22.6 Å². The molecule has 1 atom stereocenters. The summed E-state index contributed by atoms with van der Waals surface area (Å²) in [5.74, 6) is 0.820. The highest BCUT2D eigenvalue weighted by Gasteiger charge is 2.25. The molecule has 1 unspecified atom stereocenters. The van der Waals surface area contributed by atoms with Crippen molar-refractivity contribution in [3.05, 3.63) is 44.8 Å². The van der Waals surface area contributed by atoms with Crippen LogP contribution in [-0.2, 0) is 0 Å². The van der Waals surface area contributed by atoms with E-state index in [1.54, 1.807) is 13.3 Å². The largest absolute Gasteiger partial charge is 0.493 e. The Morgan fingerprint density at radius 2 is 2.05 bits per heavy atom. The predicted molar refractivity (Wildman–Crippen MR) is 94.0 cm³/mol. The number of methoxy groups -OCH3 is 1. The second-order valence-electron chi connectivity index (χ2n) is 5.34. The van der Waals surface area contributed by atoms with Gasteiger partial charge in [-0.3, -0.25) is 4.68 Å². The van der Waals surface area contributed by atoms with Crippen LogP contribution >= 0.6 is 22.6 Å². The topological polar surface area (TPSA) is 39.1 Å². The summed E-state index contributed by atoms with van der Waals surface area (Å²) in [7, 11) is 3.67. The highest BCUT2D eigenvalue weighted by molar-refractivity contribution is 14.1. The van der Waals surface area contributed by atoms with Crippen LogP contribution in [0.3, 0.4) is 0 Å². The fourth-order valence-electron chi connectivity index (χ4n) is 2.53. The second-order valence-corrected chi connectivity index (χ2v) is 6.42. The minimum Gasteiger partial charge on any atom is -0.493 e. The van der Waals surface area contributed by atoms with Gasteiger partial charge in [0.05, 0.1) is 19.3 Å². The number of hydrogen-bond acceptors (Lipinski definition) is 3. The van der Waals surface area contributed by atoms with Gasteiger partial charge in [-0.2, -0.15) is 5.10 Å². The van der Waals surface area contributed by atoms with Gasteiger partial charge in [-0.25, -0.2) is 0 Å². The molecule has 0 aliphatic rings. The molecule has 0 amide bonds. The Balaban J connectivity index is 2.61. The van der Waals surface area contributed by atoms with Gasteiger partial charge in [0.25, 0.3) is 0 Å². The lowest BCUT2D eigenvalue weighted by Crippen LogP contribution is -2.24. The van der Waals surface area contributed by atoms with Gasteiger partial charge in [-0.1, -0.05) is 18.2 Å². The first-order valence-electron chi connectivity index (χ1n) is 7.04. The van der Waals surface area contributed by atoms with Gasteiger partial charge in [0.2, 0.25) is 0 Å².